The molecule has 16 heavy (non-hydrogen) atoms. The smallest absolute Gasteiger partial charge is 0.251 e. The Morgan fingerprint density at radius 1 is 1.31 bits per heavy atom. The van der Waals surface area contributed by atoms with Gasteiger partial charge in [0.15, 0.2) is 0 Å². The number of hydrogen-bond acceptors (Lipinski definition) is 2. The summed E-state index contributed by atoms with van der Waals surface area (Å²) in [6.07, 6.45) is 0. The molecule has 1 aromatic rings. The van der Waals surface area contributed by atoms with Gasteiger partial charge in [-0.15, -0.1) is 0 Å². The normalized spacial score (nSPS) is 18.1. The average Bonchev–Trinajstić information content (AvgIpc) is 2.58. The second-order valence-electron chi connectivity index (χ2n) is 4.18. The van der Waals surface area contributed by atoms with Crippen LogP contribution in [0.1, 0.15) is 21.5 Å². The fraction of sp³-hybridized carbons (Fsp3) is 0.308. The highest BCUT2D eigenvalue weighted by Crippen LogP contribution is 2.16. The van der Waals surface area contributed by atoms with E-state index in [0.29, 0.717) is 12.5 Å². The quantitative estimate of drug-likeness (QED) is 0.615. The van der Waals surface area contributed by atoms with Crippen LogP contribution in [0.4, 0.5) is 0 Å². The Morgan fingerprint density at radius 3 is 2.94 bits per heavy atom. The summed E-state index contributed by atoms with van der Waals surface area (Å²) >= 11 is 0. The van der Waals surface area contributed by atoms with Gasteiger partial charge in [-0.25, -0.2) is 0 Å². The van der Waals surface area contributed by atoms with Crippen molar-refractivity contribution in [1.29, 1.82) is 0 Å². The molecule has 0 unspecified atom stereocenters. The second-order valence-corrected chi connectivity index (χ2v) is 4.18. The van der Waals surface area contributed by atoms with E-state index in [1.54, 1.807) is 0 Å². The second kappa shape index (κ2) is 3.66. The molecule has 1 fully saturated rings. The van der Waals surface area contributed by atoms with Gasteiger partial charge in [0, 0.05) is 36.7 Å². The highest BCUT2D eigenvalue weighted by atomic mass is 16.1. The number of fused-ring (bicyclic) bond motifs is 1. The maximum atomic E-state index is 11.3. The van der Waals surface area contributed by atoms with Crippen LogP contribution in [0.25, 0.3) is 0 Å². The van der Waals surface area contributed by atoms with E-state index in [4.69, 9.17) is 0 Å². The summed E-state index contributed by atoms with van der Waals surface area (Å²) in [5.74, 6) is 6.90. The summed E-state index contributed by atoms with van der Waals surface area (Å²) in [4.78, 5) is 11.3. The molecule has 0 radical (unpaired) electrons. The molecule has 0 aliphatic carbocycles. The summed E-state index contributed by atoms with van der Waals surface area (Å²) in [6, 6.07) is 5.79. The summed E-state index contributed by atoms with van der Waals surface area (Å²) in [5, 5.41) is 5.99. The Hall–Kier alpha value is -1.79. The number of nitrogens with one attached hydrogen (secondary N) is 2. The summed E-state index contributed by atoms with van der Waals surface area (Å²) in [5.41, 5.74) is 2.85. The molecule has 0 bridgehead atoms. The van der Waals surface area contributed by atoms with Crippen LogP contribution in [0.15, 0.2) is 18.2 Å². The highest BCUT2D eigenvalue weighted by Gasteiger charge is 2.18. The SMILES string of the molecule is O=C1NCc2cc(C#CC3CNC3)ccc21. The lowest BCUT2D eigenvalue weighted by molar-refractivity contribution is 0.0966. The van der Waals surface area contributed by atoms with Crippen molar-refractivity contribution in [2.24, 2.45) is 5.92 Å². The molecule has 0 aromatic heterocycles. The van der Waals surface area contributed by atoms with Crippen LogP contribution < -0.4 is 10.6 Å². The van der Waals surface area contributed by atoms with Crippen molar-refractivity contribution in [3.05, 3.63) is 34.9 Å². The topological polar surface area (TPSA) is 41.1 Å². The van der Waals surface area contributed by atoms with Crippen LogP contribution in [0.2, 0.25) is 0 Å². The predicted molar refractivity (Wildman–Crippen MR) is 60.8 cm³/mol. The van der Waals surface area contributed by atoms with Gasteiger partial charge in [0.1, 0.15) is 0 Å². The minimum absolute atomic E-state index is 0.0257. The van der Waals surface area contributed by atoms with Gasteiger partial charge in [0.05, 0.1) is 0 Å². The number of carbonyl (C=O) groups excluding carboxylic acids is 1. The standard InChI is InChI=1S/C13H12N2O/c16-13-12-4-3-9(5-11(12)8-15-13)1-2-10-6-14-7-10/h3-5,10,14H,6-8H2,(H,15,16). The first-order valence-electron chi connectivity index (χ1n) is 5.46. The summed E-state index contributed by atoms with van der Waals surface area (Å²) in [7, 11) is 0. The molecule has 2 aliphatic heterocycles. The van der Waals surface area contributed by atoms with Gasteiger partial charge in [-0.1, -0.05) is 11.8 Å². The molecule has 2 heterocycles. The minimum atomic E-state index is 0.0257. The van der Waals surface area contributed by atoms with Crippen molar-refractivity contribution in [3.8, 4) is 11.8 Å². The number of amides is 1. The molecule has 2 N–H and O–H groups in total. The van der Waals surface area contributed by atoms with E-state index in [9.17, 15) is 4.79 Å². The Balaban J connectivity index is 1.86. The fourth-order valence-electron chi connectivity index (χ4n) is 1.89. The molecule has 80 valence electrons. The zero-order valence-corrected chi connectivity index (χ0v) is 8.84. The van der Waals surface area contributed by atoms with Gasteiger partial charge >= 0.3 is 0 Å². The highest BCUT2D eigenvalue weighted by molar-refractivity contribution is 5.98. The molecule has 3 nitrogen and oxygen atoms in total. The number of rotatable bonds is 0. The molecule has 3 heteroatoms. The Morgan fingerprint density at radius 2 is 2.19 bits per heavy atom. The van der Waals surface area contributed by atoms with Crippen molar-refractivity contribution < 1.29 is 4.79 Å². The van der Waals surface area contributed by atoms with E-state index in [0.717, 1.165) is 29.8 Å². The van der Waals surface area contributed by atoms with Gasteiger partial charge in [0.25, 0.3) is 5.91 Å². The van der Waals surface area contributed by atoms with Crippen molar-refractivity contribution in [2.75, 3.05) is 13.1 Å². The zero-order valence-electron chi connectivity index (χ0n) is 8.84. The van der Waals surface area contributed by atoms with Crippen LogP contribution in [0.5, 0.6) is 0 Å². The Kier molecular flexibility index (Phi) is 2.16. The molecular formula is C13H12N2O. The van der Waals surface area contributed by atoms with Gasteiger partial charge in [-0.05, 0) is 23.8 Å². The first kappa shape index (κ1) is 9.44. The molecule has 0 saturated carbocycles. The van der Waals surface area contributed by atoms with Gasteiger partial charge in [-0.2, -0.15) is 0 Å². The zero-order chi connectivity index (χ0) is 11.0. The lowest BCUT2D eigenvalue weighted by Crippen LogP contribution is -2.40. The van der Waals surface area contributed by atoms with Crippen LogP contribution in [-0.4, -0.2) is 19.0 Å². The van der Waals surface area contributed by atoms with Crippen LogP contribution in [-0.2, 0) is 6.54 Å². The minimum Gasteiger partial charge on any atom is -0.348 e. The monoisotopic (exact) mass is 212 g/mol. The predicted octanol–water partition coefficient (Wildman–Crippen LogP) is 0.501. The van der Waals surface area contributed by atoms with E-state index in [1.165, 1.54) is 0 Å². The first-order chi connectivity index (χ1) is 7.83. The summed E-state index contributed by atoms with van der Waals surface area (Å²) < 4.78 is 0. The average molecular weight is 212 g/mol. The third-order valence-electron chi connectivity index (χ3n) is 2.99. The first-order valence-corrected chi connectivity index (χ1v) is 5.46. The molecule has 3 rings (SSSR count). The van der Waals surface area contributed by atoms with E-state index in [-0.39, 0.29) is 5.91 Å². The van der Waals surface area contributed by atoms with Crippen molar-refractivity contribution in [1.82, 2.24) is 10.6 Å². The van der Waals surface area contributed by atoms with Crippen molar-refractivity contribution in [2.45, 2.75) is 6.54 Å². The van der Waals surface area contributed by atoms with E-state index in [2.05, 4.69) is 22.5 Å². The van der Waals surface area contributed by atoms with Crippen molar-refractivity contribution in [3.63, 3.8) is 0 Å². The van der Waals surface area contributed by atoms with E-state index >= 15 is 0 Å². The molecular weight excluding hydrogens is 200 g/mol. The fourth-order valence-corrected chi connectivity index (χ4v) is 1.89. The van der Waals surface area contributed by atoms with Crippen LogP contribution >= 0.6 is 0 Å². The van der Waals surface area contributed by atoms with Crippen LogP contribution in [0.3, 0.4) is 0 Å². The van der Waals surface area contributed by atoms with Gasteiger partial charge in [-0.3, -0.25) is 4.79 Å². The van der Waals surface area contributed by atoms with Crippen molar-refractivity contribution >= 4 is 5.91 Å². The lowest BCUT2D eigenvalue weighted by atomic mass is 10.0. The summed E-state index contributed by atoms with van der Waals surface area (Å²) in [6.45, 7) is 2.63. The van der Waals surface area contributed by atoms with Gasteiger partial charge in [0.2, 0.25) is 0 Å². The third-order valence-corrected chi connectivity index (χ3v) is 2.99. The third kappa shape index (κ3) is 1.58. The maximum absolute atomic E-state index is 11.3. The molecule has 1 aromatic carbocycles. The largest absolute Gasteiger partial charge is 0.348 e. The number of benzene rings is 1. The molecule has 2 aliphatic rings. The van der Waals surface area contributed by atoms with E-state index < -0.39 is 0 Å². The van der Waals surface area contributed by atoms with Crippen LogP contribution in [0, 0.1) is 17.8 Å². The number of hydrogen-bond donors (Lipinski definition) is 2. The molecule has 0 spiro atoms. The maximum Gasteiger partial charge on any atom is 0.251 e. The Labute approximate surface area is 94.2 Å². The Bertz CT molecular complexity index is 506. The molecule has 0 atom stereocenters. The van der Waals surface area contributed by atoms with Gasteiger partial charge < -0.3 is 10.6 Å². The molecule has 1 saturated heterocycles. The van der Waals surface area contributed by atoms with E-state index in [1.807, 2.05) is 18.2 Å². The lowest BCUT2D eigenvalue weighted by Gasteiger charge is -2.21. The molecule has 1 amide bonds. The number of carbonyl (C=O) groups is 1.